The number of nitrogens with one attached hydrogen (secondary N) is 1. The van der Waals surface area contributed by atoms with Crippen molar-refractivity contribution in [3.63, 3.8) is 0 Å². The van der Waals surface area contributed by atoms with E-state index >= 15 is 0 Å². The fraction of sp³-hybridized carbons (Fsp3) is 0.364. The highest BCUT2D eigenvalue weighted by atomic mass is 32.2. The van der Waals surface area contributed by atoms with Crippen LogP contribution in [-0.4, -0.2) is 44.8 Å². The average Bonchev–Trinajstić information content (AvgIpc) is 2.37. The molecule has 0 radical (unpaired) electrons. The van der Waals surface area contributed by atoms with Gasteiger partial charge in [-0.15, -0.1) is 0 Å². The molecule has 0 saturated carbocycles. The Morgan fingerprint density at radius 1 is 1.43 bits per heavy atom. The number of para-hydroxylation sites is 1. The quantitative estimate of drug-likeness (QED) is 0.606. The monoisotopic (exact) mass is 319 g/mol. The zero-order chi connectivity index (χ0) is 16.2. The Morgan fingerprint density at radius 3 is 2.57 bits per heavy atom. The number of sulfonamides is 1. The predicted octanol–water partition coefficient (Wildman–Crippen LogP) is 0.491. The third-order valence-corrected chi connectivity index (χ3v) is 4.04. The fourth-order valence-corrected chi connectivity index (χ4v) is 2.69. The number of amides is 1. The Labute approximate surface area is 120 Å². The lowest BCUT2D eigenvalue weighted by Crippen LogP contribution is -2.30. The summed E-state index contributed by atoms with van der Waals surface area (Å²) in [5.41, 5.74) is -1.12. The molecule has 0 fully saturated rings. The zero-order valence-corrected chi connectivity index (χ0v) is 12.2. The van der Waals surface area contributed by atoms with Crippen LogP contribution in [0.5, 0.6) is 0 Å². The maximum atomic E-state index is 13.4. The molecular weight excluding hydrogens is 305 g/mol. The molecule has 1 N–H and O–H groups in total. The minimum Gasteiger partial charge on any atom is -0.349 e. The van der Waals surface area contributed by atoms with Crippen LogP contribution in [0.15, 0.2) is 23.1 Å². The first kappa shape index (κ1) is 17.0. The summed E-state index contributed by atoms with van der Waals surface area (Å²) in [4.78, 5) is 21.5. The molecule has 0 aromatic heterocycles. The van der Waals surface area contributed by atoms with Gasteiger partial charge >= 0.3 is 5.69 Å². The smallest absolute Gasteiger partial charge is 0.324 e. The van der Waals surface area contributed by atoms with E-state index in [1.54, 1.807) is 0 Å². The molecule has 0 aliphatic heterocycles. The van der Waals surface area contributed by atoms with E-state index in [1.807, 2.05) is 4.72 Å². The molecule has 0 aliphatic carbocycles. The van der Waals surface area contributed by atoms with Crippen LogP contribution in [-0.2, 0) is 14.8 Å². The molecule has 0 aliphatic rings. The van der Waals surface area contributed by atoms with Crippen LogP contribution in [0.25, 0.3) is 0 Å². The topological polar surface area (TPSA) is 110 Å². The highest BCUT2D eigenvalue weighted by Crippen LogP contribution is 2.26. The van der Waals surface area contributed by atoms with Gasteiger partial charge in [-0.25, -0.2) is 13.1 Å². The summed E-state index contributed by atoms with van der Waals surface area (Å²) in [7, 11) is -1.27. The predicted molar refractivity (Wildman–Crippen MR) is 71.6 cm³/mol. The summed E-state index contributed by atoms with van der Waals surface area (Å²) in [5.74, 6) is -1.56. The number of halogens is 1. The molecule has 8 nitrogen and oxygen atoms in total. The number of rotatable bonds is 6. The maximum Gasteiger partial charge on any atom is 0.324 e. The standard InChI is InChI=1S/C11H14FN3O5S/c1-14(2)10(16)6-7-13-21(19,20)9-5-3-4-8(12)11(9)15(17)18/h3-5,13H,6-7H2,1-2H3. The van der Waals surface area contributed by atoms with Crippen molar-refractivity contribution >= 4 is 21.6 Å². The summed E-state index contributed by atoms with van der Waals surface area (Å²) < 4.78 is 39.3. The van der Waals surface area contributed by atoms with Gasteiger partial charge < -0.3 is 4.90 Å². The van der Waals surface area contributed by atoms with Crippen molar-refractivity contribution in [3.05, 3.63) is 34.1 Å². The van der Waals surface area contributed by atoms with E-state index in [9.17, 15) is 27.7 Å². The second-order valence-electron chi connectivity index (χ2n) is 4.28. The lowest BCUT2D eigenvalue weighted by Gasteiger charge is -2.11. The number of carbonyl (C=O) groups excluding carboxylic acids is 1. The Kier molecular flexibility index (Phi) is 5.33. The molecule has 0 heterocycles. The van der Waals surface area contributed by atoms with Crippen LogP contribution >= 0.6 is 0 Å². The van der Waals surface area contributed by atoms with Crippen molar-refractivity contribution in [2.75, 3.05) is 20.6 Å². The second kappa shape index (κ2) is 6.59. The first-order valence-electron chi connectivity index (χ1n) is 5.79. The van der Waals surface area contributed by atoms with Gasteiger partial charge in [0.05, 0.1) is 4.92 Å². The van der Waals surface area contributed by atoms with E-state index in [-0.39, 0.29) is 18.9 Å². The molecule has 1 aromatic rings. The van der Waals surface area contributed by atoms with Gasteiger partial charge in [-0.1, -0.05) is 6.07 Å². The molecule has 0 atom stereocenters. The van der Waals surface area contributed by atoms with Crippen molar-refractivity contribution in [2.45, 2.75) is 11.3 Å². The number of carbonyl (C=O) groups is 1. The van der Waals surface area contributed by atoms with Gasteiger partial charge in [0.2, 0.25) is 21.7 Å². The first-order chi connectivity index (χ1) is 9.66. The highest BCUT2D eigenvalue weighted by Gasteiger charge is 2.29. The molecule has 116 valence electrons. The van der Waals surface area contributed by atoms with Crippen LogP contribution in [0.4, 0.5) is 10.1 Å². The van der Waals surface area contributed by atoms with E-state index in [0.717, 1.165) is 18.2 Å². The van der Waals surface area contributed by atoms with Crippen molar-refractivity contribution in [1.29, 1.82) is 0 Å². The van der Waals surface area contributed by atoms with Gasteiger partial charge in [0.25, 0.3) is 0 Å². The number of hydrogen-bond acceptors (Lipinski definition) is 5. The van der Waals surface area contributed by atoms with Gasteiger partial charge in [-0.3, -0.25) is 14.9 Å². The number of nitro groups is 1. The minimum atomic E-state index is -4.28. The average molecular weight is 319 g/mol. The van der Waals surface area contributed by atoms with Crippen LogP contribution in [0, 0.1) is 15.9 Å². The van der Waals surface area contributed by atoms with Gasteiger partial charge in [0, 0.05) is 27.1 Å². The maximum absolute atomic E-state index is 13.4. The second-order valence-corrected chi connectivity index (χ2v) is 6.02. The molecule has 0 spiro atoms. The van der Waals surface area contributed by atoms with Crippen LogP contribution in [0.2, 0.25) is 0 Å². The van der Waals surface area contributed by atoms with Gasteiger partial charge in [0.15, 0.2) is 4.90 Å². The summed E-state index contributed by atoms with van der Waals surface area (Å²) in [6, 6.07) is 2.78. The third-order valence-electron chi connectivity index (χ3n) is 2.55. The van der Waals surface area contributed by atoms with Crippen LogP contribution in [0.1, 0.15) is 6.42 Å². The molecule has 1 rings (SSSR count). The molecule has 0 unspecified atom stereocenters. The lowest BCUT2D eigenvalue weighted by molar-refractivity contribution is -0.390. The normalized spacial score (nSPS) is 11.2. The van der Waals surface area contributed by atoms with Gasteiger partial charge in [-0.05, 0) is 12.1 Å². The number of benzene rings is 1. The fourth-order valence-electron chi connectivity index (χ4n) is 1.48. The van der Waals surface area contributed by atoms with Crippen LogP contribution in [0.3, 0.4) is 0 Å². The van der Waals surface area contributed by atoms with Crippen LogP contribution < -0.4 is 4.72 Å². The molecular formula is C11H14FN3O5S. The number of hydrogen-bond donors (Lipinski definition) is 1. The summed E-state index contributed by atoms with van der Waals surface area (Å²) in [6.45, 7) is -0.243. The molecule has 1 aromatic carbocycles. The molecule has 0 bridgehead atoms. The first-order valence-corrected chi connectivity index (χ1v) is 7.28. The lowest BCUT2D eigenvalue weighted by atomic mass is 10.3. The zero-order valence-electron chi connectivity index (χ0n) is 11.4. The third kappa shape index (κ3) is 4.20. The number of nitrogens with zero attached hydrogens (tertiary/aromatic N) is 2. The van der Waals surface area contributed by atoms with Crippen molar-refractivity contribution < 1.29 is 22.5 Å². The Bertz CT molecular complexity index is 660. The Balaban J connectivity index is 2.97. The summed E-state index contributed by atoms with van der Waals surface area (Å²) >= 11 is 0. The van der Waals surface area contributed by atoms with E-state index in [2.05, 4.69) is 0 Å². The van der Waals surface area contributed by atoms with Crippen molar-refractivity contribution in [1.82, 2.24) is 9.62 Å². The Morgan fingerprint density at radius 2 is 2.05 bits per heavy atom. The van der Waals surface area contributed by atoms with Gasteiger partial charge in [-0.2, -0.15) is 4.39 Å². The molecule has 10 heteroatoms. The summed E-state index contributed by atoms with van der Waals surface area (Å²) in [5, 5.41) is 10.8. The van der Waals surface area contributed by atoms with E-state index < -0.39 is 31.3 Å². The molecule has 1 amide bonds. The Hall–Kier alpha value is -2.07. The van der Waals surface area contributed by atoms with Crippen molar-refractivity contribution in [2.24, 2.45) is 0 Å². The molecule has 21 heavy (non-hydrogen) atoms. The van der Waals surface area contributed by atoms with E-state index in [4.69, 9.17) is 0 Å². The molecule has 0 saturated heterocycles. The van der Waals surface area contributed by atoms with E-state index in [0.29, 0.717) is 0 Å². The number of nitro benzene ring substituents is 1. The van der Waals surface area contributed by atoms with Gasteiger partial charge in [0.1, 0.15) is 0 Å². The summed E-state index contributed by atoms with van der Waals surface area (Å²) in [6.07, 6.45) is -0.116. The van der Waals surface area contributed by atoms with Crippen molar-refractivity contribution in [3.8, 4) is 0 Å². The largest absolute Gasteiger partial charge is 0.349 e. The minimum absolute atomic E-state index is 0.116. The highest BCUT2D eigenvalue weighted by molar-refractivity contribution is 7.89. The SMILES string of the molecule is CN(C)C(=O)CCNS(=O)(=O)c1cccc(F)c1[N+](=O)[O-]. The van der Waals surface area contributed by atoms with E-state index in [1.165, 1.54) is 19.0 Å².